The average molecular weight is 409 g/mol. The molecule has 1 atom stereocenters. The van der Waals surface area contributed by atoms with Gasteiger partial charge in [-0.2, -0.15) is 5.10 Å². The highest BCUT2D eigenvalue weighted by Gasteiger charge is 2.19. The molecule has 2 heterocycles. The molecular weight excluding hydrogens is 395 g/mol. The van der Waals surface area contributed by atoms with Crippen molar-refractivity contribution >= 4 is 41.0 Å². The Hall–Kier alpha value is -2.91. The van der Waals surface area contributed by atoms with Gasteiger partial charge >= 0.3 is 5.97 Å². The third-order valence-corrected chi connectivity index (χ3v) is 4.44. The van der Waals surface area contributed by atoms with Crippen molar-refractivity contribution in [2.45, 2.75) is 19.5 Å². The lowest BCUT2D eigenvalue weighted by Gasteiger charge is -2.10. The summed E-state index contributed by atoms with van der Waals surface area (Å²) >= 11 is 11.9. The molecule has 0 saturated heterocycles. The topological polar surface area (TPSA) is 115 Å². The summed E-state index contributed by atoms with van der Waals surface area (Å²) in [5.41, 5.74) is 0.733. The third-order valence-electron chi connectivity index (χ3n) is 3.70. The number of nitrogens with one attached hydrogen (secondary N) is 1. The van der Waals surface area contributed by atoms with Crippen LogP contribution < -0.4 is 5.32 Å². The quantitative estimate of drug-likeness (QED) is 0.647. The SMILES string of the molecule is CC(C(=O)Nc1ncn(Cc2ccc(Cl)c(Cl)c2)n1)n1ccc(C(=O)O)n1. The number of carbonyl (C=O) groups is 2. The molecule has 140 valence electrons. The number of hydrogen-bond donors (Lipinski definition) is 2. The number of amides is 1. The zero-order valence-electron chi connectivity index (χ0n) is 14.0. The molecule has 1 unspecified atom stereocenters. The molecule has 0 aliphatic rings. The largest absolute Gasteiger partial charge is 0.476 e. The molecular formula is C16H14Cl2N6O3. The maximum Gasteiger partial charge on any atom is 0.356 e. The molecule has 0 bridgehead atoms. The first-order valence-corrected chi connectivity index (χ1v) is 8.52. The highest BCUT2D eigenvalue weighted by atomic mass is 35.5. The molecule has 0 fully saturated rings. The minimum atomic E-state index is -1.16. The fraction of sp³-hybridized carbons (Fsp3) is 0.188. The van der Waals surface area contributed by atoms with Crippen molar-refractivity contribution in [2.24, 2.45) is 0 Å². The number of nitrogens with zero attached hydrogens (tertiary/aromatic N) is 5. The van der Waals surface area contributed by atoms with E-state index in [0.717, 1.165) is 5.56 Å². The first kappa shape index (κ1) is 18.9. The molecule has 3 rings (SSSR count). The van der Waals surface area contributed by atoms with Crippen molar-refractivity contribution in [3.05, 3.63) is 58.1 Å². The van der Waals surface area contributed by atoms with Gasteiger partial charge in [0.25, 0.3) is 5.91 Å². The number of benzene rings is 1. The van der Waals surface area contributed by atoms with Crippen molar-refractivity contribution in [2.75, 3.05) is 5.32 Å². The highest BCUT2D eigenvalue weighted by Crippen LogP contribution is 2.23. The second kappa shape index (κ2) is 7.77. The van der Waals surface area contributed by atoms with Crippen LogP contribution in [0, 0.1) is 0 Å². The van der Waals surface area contributed by atoms with Crippen LogP contribution >= 0.6 is 23.2 Å². The van der Waals surface area contributed by atoms with E-state index in [4.69, 9.17) is 28.3 Å². The van der Waals surface area contributed by atoms with E-state index in [1.54, 1.807) is 19.1 Å². The zero-order valence-corrected chi connectivity index (χ0v) is 15.5. The van der Waals surface area contributed by atoms with Crippen LogP contribution in [0.4, 0.5) is 5.95 Å². The van der Waals surface area contributed by atoms with Crippen LogP contribution in [-0.4, -0.2) is 41.5 Å². The summed E-state index contributed by atoms with van der Waals surface area (Å²) in [6.07, 6.45) is 2.89. The Morgan fingerprint density at radius 3 is 2.67 bits per heavy atom. The minimum absolute atomic E-state index is 0.123. The van der Waals surface area contributed by atoms with Crippen LogP contribution in [0.3, 0.4) is 0 Å². The van der Waals surface area contributed by atoms with Gasteiger partial charge in [0, 0.05) is 6.20 Å². The number of aromatic nitrogens is 5. The summed E-state index contributed by atoms with van der Waals surface area (Å²) in [7, 11) is 0. The Kier molecular flexibility index (Phi) is 5.43. The van der Waals surface area contributed by atoms with Crippen molar-refractivity contribution in [1.82, 2.24) is 24.5 Å². The smallest absolute Gasteiger partial charge is 0.356 e. The van der Waals surface area contributed by atoms with E-state index in [1.807, 2.05) is 6.07 Å². The van der Waals surface area contributed by atoms with E-state index in [0.29, 0.717) is 16.6 Å². The maximum atomic E-state index is 12.3. The lowest BCUT2D eigenvalue weighted by atomic mass is 10.2. The minimum Gasteiger partial charge on any atom is -0.476 e. The van der Waals surface area contributed by atoms with Crippen molar-refractivity contribution in [1.29, 1.82) is 0 Å². The zero-order chi connectivity index (χ0) is 19.6. The van der Waals surface area contributed by atoms with Gasteiger partial charge < -0.3 is 5.11 Å². The molecule has 2 aromatic heterocycles. The number of aromatic carboxylic acids is 1. The van der Waals surface area contributed by atoms with E-state index in [2.05, 4.69) is 20.5 Å². The Morgan fingerprint density at radius 2 is 2.00 bits per heavy atom. The van der Waals surface area contributed by atoms with Gasteiger partial charge in [0.15, 0.2) is 5.69 Å². The number of carboxylic acids is 1. The van der Waals surface area contributed by atoms with Crippen LogP contribution in [0.2, 0.25) is 10.0 Å². The molecule has 2 N–H and O–H groups in total. The number of hydrogen-bond acceptors (Lipinski definition) is 5. The molecule has 3 aromatic rings. The summed E-state index contributed by atoms with van der Waals surface area (Å²) < 4.78 is 2.79. The lowest BCUT2D eigenvalue weighted by molar-refractivity contribution is -0.119. The molecule has 0 aliphatic carbocycles. The molecule has 27 heavy (non-hydrogen) atoms. The fourth-order valence-corrected chi connectivity index (χ4v) is 2.58. The van der Waals surface area contributed by atoms with Crippen molar-refractivity contribution in [3.63, 3.8) is 0 Å². The molecule has 0 spiro atoms. The summed E-state index contributed by atoms with van der Waals surface area (Å²) in [5, 5.41) is 20.4. The Morgan fingerprint density at radius 1 is 1.22 bits per heavy atom. The van der Waals surface area contributed by atoms with Gasteiger partial charge in [-0.25, -0.2) is 14.5 Å². The van der Waals surface area contributed by atoms with Crippen molar-refractivity contribution < 1.29 is 14.7 Å². The van der Waals surface area contributed by atoms with Gasteiger partial charge in [-0.3, -0.25) is 14.8 Å². The van der Waals surface area contributed by atoms with Gasteiger partial charge in [-0.1, -0.05) is 29.3 Å². The summed E-state index contributed by atoms with van der Waals surface area (Å²) in [5.74, 6) is -1.47. The van der Waals surface area contributed by atoms with Gasteiger partial charge in [0.1, 0.15) is 12.4 Å². The highest BCUT2D eigenvalue weighted by molar-refractivity contribution is 6.42. The second-order valence-corrected chi connectivity index (χ2v) is 6.48. The standard InChI is InChI=1S/C16H14Cl2N6O3/c1-9(24-5-4-13(21-24)15(26)27)14(25)20-16-19-8-23(22-16)7-10-2-3-11(17)12(18)6-10/h2-6,8-9H,7H2,1H3,(H,26,27)(H,20,22,25). The fourth-order valence-electron chi connectivity index (χ4n) is 2.26. The maximum absolute atomic E-state index is 12.3. The number of halogens is 2. The summed E-state index contributed by atoms with van der Waals surface area (Å²) in [6, 6.07) is 5.81. The Balaban J connectivity index is 1.64. The first-order valence-electron chi connectivity index (χ1n) is 7.76. The number of rotatable bonds is 6. The summed E-state index contributed by atoms with van der Waals surface area (Å²) in [6.45, 7) is 1.98. The molecule has 0 radical (unpaired) electrons. The van der Waals surface area contributed by atoms with Crippen LogP contribution in [0.15, 0.2) is 36.8 Å². The third kappa shape index (κ3) is 4.44. The number of carbonyl (C=O) groups excluding carboxylic acids is 1. The van der Waals surface area contributed by atoms with Crippen molar-refractivity contribution in [3.8, 4) is 0 Å². The van der Waals surface area contributed by atoms with E-state index in [-0.39, 0.29) is 11.6 Å². The molecule has 0 aliphatic heterocycles. The number of carboxylic acid groups (broad SMARTS) is 1. The number of anilines is 1. The van der Waals surface area contributed by atoms with E-state index in [9.17, 15) is 9.59 Å². The molecule has 1 aromatic carbocycles. The van der Waals surface area contributed by atoms with Crippen LogP contribution in [0.5, 0.6) is 0 Å². The van der Waals surface area contributed by atoms with Gasteiger partial charge in [-0.05, 0) is 30.7 Å². The molecule has 11 heteroatoms. The van der Waals surface area contributed by atoms with E-state index < -0.39 is 17.9 Å². The normalized spacial score (nSPS) is 12.0. The monoisotopic (exact) mass is 408 g/mol. The predicted molar refractivity (Wildman–Crippen MR) is 98.1 cm³/mol. The molecule has 9 nitrogen and oxygen atoms in total. The van der Waals surface area contributed by atoms with Gasteiger partial charge in [0.2, 0.25) is 5.95 Å². The van der Waals surface area contributed by atoms with Crippen LogP contribution in [0.1, 0.15) is 29.0 Å². The van der Waals surface area contributed by atoms with E-state index in [1.165, 1.54) is 28.0 Å². The second-order valence-electron chi connectivity index (χ2n) is 5.67. The predicted octanol–water partition coefficient (Wildman–Crippen LogP) is 2.73. The Bertz CT molecular complexity index is 1000. The average Bonchev–Trinajstić information content (AvgIpc) is 3.27. The van der Waals surface area contributed by atoms with Gasteiger partial charge in [-0.15, -0.1) is 5.10 Å². The van der Waals surface area contributed by atoms with Crippen LogP contribution in [-0.2, 0) is 11.3 Å². The Labute approximate surface area is 163 Å². The first-order chi connectivity index (χ1) is 12.8. The molecule has 1 amide bonds. The van der Waals surface area contributed by atoms with Gasteiger partial charge in [0.05, 0.1) is 16.6 Å². The van der Waals surface area contributed by atoms with Crippen LogP contribution in [0.25, 0.3) is 0 Å². The summed E-state index contributed by atoms with van der Waals surface area (Å²) in [4.78, 5) is 27.2. The van der Waals surface area contributed by atoms with E-state index >= 15 is 0 Å². The lowest BCUT2D eigenvalue weighted by Crippen LogP contribution is -2.25. The molecule has 0 saturated carbocycles.